The van der Waals surface area contributed by atoms with E-state index in [-0.39, 0.29) is 11.8 Å². The lowest BCUT2D eigenvalue weighted by Crippen LogP contribution is -2.36. The second-order valence-corrected chi connectivity index (χ2v) is 4.92. The average Bonchev–Trinajstić information content (AvgIpc) is 2.60. The summed E-state index contributed by atoms with van der Waals surface area (Å²) in [4.78, 5) is 27.4. The minimum absolute atomic E-state index is 0.0102. The smallest absolute Gasteiger partial charge is 0.257 e. The van der Waals surface area contributed by atoms with E-state index in [2.05, 4.69) is 5.10 Å². The molecule has 0 aromatic carbocycles. The van der Waals surface area contributed by atoms with E-state index >= 15 is 0 Å². The summed E-state index contributed by atoms with van der Waals surface area (Å²) in [5, 5.41) is 4.10. The van der Waals surface area contributed by atoms with Crippen LogP contribution in [0.4, 0.5) is 0 Å². The number of hydrogen-bond donors (Lipinski definition) is 0. The maximum atomic E-state index is 12.4. The zero-order valence-electron chi connectivity index (χ0n) is 11.7. The highest BCUT2D eigenvalue weighted by atomic mass is 16.2. The summed E-state index contributed by atoms with van der Waals surface area (Å²) in [6, 6.07) is 0. The highest BCUT2D eigenvalue weighted by Crippen LogP contribution is 2.12. The molecule has 19 heavy (non-hydrogen) atoms. The Morgan fingerprint density at radius 1 is 1.16 bits per heavy atom. The van der Waals surface area contributed by atoms with Crippen molar-refractivity contribution in [2.75, 3.05) is 26.2 Å². The van der Waals surface area contributed by atoms with Crippen LogP contribution in [-0.4, -0.2) is 57.6 Å². The van der Waals surface area contributed by atoms with Crippen molar-refractivity contribution >= 4 is 11.8 Å². The summed E-state index contributed by atoms with van der Waals surface area (Å²) < 4.78 is 1.70. The first kappa shape index (κ1) is 13.6. The standard InChI is InChI=1S/C13H20N4O2/c1-10-12(9-14-15(10)3)13(19)17-6-4-5-16(7-8-17)11(2)18/h9H,4-8H2,1-3H3. The number of hydrogen-bond acceptors (Lipinski definition) is 3. The summed E-state index contributed by atoms with van der Waals surface area (Å²) in [5.74, 6) is 0.0860. The molecule has 0 unspecified atom stereocenters. The lowest BCUT2D eigenvalue weighted by molar-refractivity contribution is -0.128. The van der Waals surface area contributed by atoms with Gasteiger partial charge in [0.05, 0.1) is 11.8 Å². The average molecular weight is 264 g/mol. The Morgan fingerprint density at radius 2 is 1.79 bits per heavy atom. The predicted octanol–water partition coefficient (Wildman–Crippen LogP) is 0.423. The molecule has 0 atom stereocenters. The van der Waals surface area contributed by atoms with Crippen molar-refractivity contribution in [1.82, 2.24) is 19.6 Å². The van der Waals surface area contributed by atoms with Gasteiger partial charge in [-0.3, -0.25) is 14.3 Å². The Kier molecular flexibility index (Phi) is 3.87. The van der Waals surface area contributed by atoms with E-state index in [1.165, 1.54) is 0 Å². The predicted molar refractivity (Wildman–Crippen MR) is 70.7 cm³/mol. The first-order chi connectivity index (χ1) is 9.00. The molecule has 0 bridgehead atoms. The van der Waals surface area contributed by atoms with E-state index in [1.807, 2.05) is 18.9 Å². The normalized spacial score (nSPS) is 16.4. The highest BCUT2D eigenvalue weighted by Gasteiger charge is 2.23. The summed E-state index contributed by atoms with van der Waals surface area (Å²) in [6.45, 7) is 6.08. The molecule has 2 amide bonds. The molecule has 1 aliphatic heterocycles. The summed E-state index contributed by atoms with van der Waals surface area (Å²) in [6.07, 6.45) is 2.44. The zero-order chi connectivity index (χ0) is 14.0. The summed E-state index contributed by atoms with van der Waals surface area (Å²) in [5.41, 5.74) is 1.52. The Labute approximate surface area is 113 Å². The quantitative estimate of drug-likeness (QED) is 0.739. The number of nitrogens with zero attached hydrogens (tertiary/aromatic N) is 4. The molecule has 6 heteroatoms. The molecule has 104 valence electrons. The monoisotopic (exact) mass is 264 g/mol. The minimum Gasteiger partial charge on any atom is -0.341 e. The van der Waals surface area contributed by atoms with Crippen LogP contribution < -0.4 is 0 Å². The van der Waals surface area contributed by atoms with Gasteiger partial charge in [0.25, 0.3) is 5.91 Å². The van der Waals surface area contributed by atoms with E-state index in [1.54, 1.807) is 22.7 Å². The van der Waals surface area contributed by atoms with Crippen molar-refractivity contribution in [3.05, 3.63) is 17.5 Å². The molecular formula is C13H20N4O2. The van der Waals surface area contributed by atoms with Gasteiger partial charge in [0.15, 0.2) is 0 Å². The number of rotatable bonds is 1. The number of carbonyl (C=O) groups is 2. The fraction of sp³-hybridized carbons (Fsp3) is 0.615. The Hall–Kier alpha value is -1.85. The van der Waals surface area contributed by atoms with Gasteiger partial charge in [0, 0.05) is 45.8 Å². The summed E-state index contributed by atoms with van der Waals surface area (Å²) in [7, 11) is 1.83. The molecule has 0 radical (unpaired) electrons. The second-order valence-electron chi connectivity index (χ2n) is 4.92. The van der Waals surface area contributed by atoms with Gasteiger partial charge in [-0.05, 0) is 13.3 Å². The molecule has 1 aliphatic rings. The van der Waals surface area contributed by atoms with E-state index in [4.69, 9.17) is 0 Å². The molecule has 2 heterocycles. The number of aryl methyl sites for hydroxylation is 1. The van der Waals surface area contributed by atoms with Crippen LogP contribution in [0.2, 0.25) is 0 Å². The first-order valence-electron chi connectivity index (χ1n) is 6.54. The molecule has 1 fully saturated rings. The van der Waals surface area contributed by atoms with Gasteiger partial charge in [-0.25, -0.2) is 0 Å². The molecule has 1 aromatic heterocycles. The second kappa shape index (κ2) is 5.42. The van der Waals surface area contributed by atoms with Crippen LogP contribution in [0.3, 0.4) is 0 Å². The SMILES string of the molecule is CC(=O)N1CCCN(C(=O)c2cnn(C)c2C)CC1. The third-order valence-electron chi connectivity index (χ3n) is 3.69. The highest BCUT2D eigenvalue weighted by molar-refractivity contribution is 5.95. The van der Waals surface area contributed by atoms with Crippen LogP contribution in [0.5, 0.6) is 0 Å². The lowest BCUT2D eigenvalue weighted by Gasteiger charge is -2.21. The van der Waals surface area contributed by atoms with Crippen LogP contribution in [-0.2, 0) is 11.8 Å². The van der Waals surface area contributed by atoms with E-state index in [0.29, 0.717) is 25.2 Å². The Morgan fingerprint density at radius 3 is 2.37 bits per heavy atom. The van der Waals surface area contributed by atoms with Gasteiger partial charge in [0.1, 0.15) is 0 Å². The molecule has 0 N–H and O–H groups in total. The molecule has 2 rings (SSSR count). The first-order valence-corrected chi connectivity index (χ1v) is 6.54. The largest absolute Gasteiger partial charge is 0.341 e. The Bertz CT molecular complexity index is 495. The third kappa shape index (κ3) is 2.77. The topological polar surface area (TPSA) is 58.4 Å². The van der Waals surface area contributed by atoms with Crippen LogP contribution in [0.15, 0.2) is 6.20 Å². The third-order valence-corrected chi connectivity index (χ3v) is 3.69. The molecule has 1 saturated heterocycles. The van der Waals surface area contributed by atoms with Gasteiger partial charge in [-0.1, -0.05) is 0 Å². The maximum absolute atomic E-state index is 12.4. The van der Waals surface area contributed by atoms with Crippen molar-refractivity contribution in [3.63, 3.8) is 0 Å². The molecular weight excluding hydrogens is 244 g/mol. The zero-order valence-corrected chi connectivity index (χ0v) is 11.7. The molecule has 6 nitrogen and oxygen atoms in total. The fourth-order valence-electron chi connectivity index (χ4n) is 2.31. The fourth-order valence-corrected chi connectivity index (χ4v) is 2.31. The molecule has 1 aromatic rings. The van der Waals surface area contributed by atoms with Crippen LogP contribution in [0, 0.1) is 6.92 Å². The van der Waals surface area contributed by atoms with Gasteiger partial charge < -0.3 is 9.80 Å². The van der Waals surface area contributed by atoms with Crippen LogP contribution in [0.1, 0.15) is 29.4 Å². The van der Waals surface area contributed by atoms with E-state index < -0.39 is 0 Å². The van der Waals surface area contributed by atoms with Crippen LogP contribution in [0.25, 0.3) is 0 Å². The van der Waals surface area contributed by atoms with E-state index in [9.17, 15) is 9.59 Å². The number of amides is 2. The van der Waals surface area contributed by atoms with Gasteiger partial charge in [-0.2, -0.15) is 5.10 Å². The molecule has 0 spiro atoms. The van der Waals surface area contributed by atoms with Crippen molar-refractivity contribution in [1.29, 1.82) is 0 Å². The van der Waals surface area contributed by atoms with Gasteiger partial charge >= 0.3 is 0 Å². The summed E-state index contributed by atoms with van der Waals surface area (Å²) >= 11 is 0. The molecule has 0 saturated carbocycles. The van der Waals surface area contributed by atoms with Gasteiger partial charge in [0.2, 0.25) is 5.91 Å². The number of carbonyl (C=O) groups excluding carboxylic acids is 2. The Balaban J connectivity index is 2.08. The van der Waals surface area contributed by atoms with Crippen molar-refractivity contribution < 1.29 is 9.59 Å². The van der Waals surface area contributed by atoms with Gasteiger partial charge in [-0.15, -0.1) is 0 Å². The van der Waals surface area contributed by atoms with Crippen molar-refractivity contribution in [3.8, 4) is 0 Å². The van der Waals surface area contributed by atoms with Crippen LogP contribution >= 0.6 is 0 Å². The molecule has 0 aliphatic carbocycles. The number of aromatic nitrogens is 2. The van der Waals surface area contributed by atoms with E-state index in [0.717, 1.165) is 18.7 Å². The lowest BCUT2D eigenvalue weighted by atomic mass is 10.2. The minimum atomic E-state index is 0.0102. The van der Waals surface area contributed by atoms with Crippen molar-refractivity contribution in [2.45, 2.75) is 20.3 Å². The van der Waals surface area contributed by atoms with Crippen molar-refractivity contribution in [2.24, 2.45) is 7.05 Å². The maximum Gasteiger partial charge on any atom is 0.257 e.